The fourth-order valence-corrected chi connectivity index (χ4v) is 4.78. The molecule has 1 fully saturated rings. The maximum absolute atomic E-state index is 13.4. The van der Waals surface area contributed by atoms with E-state index in [9.17, 15) is 14.7 Å². The van der Waals surface area contributed by atoms with Crippen LogP contribution in [0, 0.1) is 0 Å². The molecule has 206 valence electrons. The van der Waals surface area contributed by atoms with Gasteiger partial charge in [-0.1, -0.05) is 26.0 Å². The van der Waals surface area contributed by atoms with E-state index in [2.05, 4.69) is 18.7 Å². The first-order chi connectivity index (χ1) is 18.3. The molecule has 9 nitrogen and oxygen atoms in total. The Labute approximate surface area is 224 Å². The minimum atomic E-state index is -0.851. The van der Waals surface area contributed by atoms with Crippen LogP contribution in [0.3, 0.4) is 0 Å². The summed E-state index contributed by atoms with van der Waals surface area (Å²) >= 11 is 0. The largest absolute Gasteiger partial charge is 0.507 e. The van der Waals surface area contributed by atoms with Crippen molar-refractivity contribution in [1.29, 1.82) is 0 Å². The fraction of sp³-hybridized carbons (Fsp3) is 0.448. The van der Waals surface area contributed by atoms with Crippen molar-refractivity contribution in [2.24, 2.45) is 0 Å². The van der Waals surface area contributed by atoms with Crippen LogP contribution >= 0.6 is 0 Å². The second-order valence-electron chi connectivity index (χ2n) is 8.79. The number of aliphatic hydroxyl groups excluding tert-OH is 1. The highest BCUT2D eigenvalue weighted by molar-refractivity contribution is 6.46. The van der Waals surface area contributed by atoms with Gasteiger partial charge in [0.25, 0.3) is 11.7 Å². The number of benzene rings is 2. The zero-order valence-corrected chi connectivity index (χ0v) is 23.1. The minimum absolute atomic E-state index is 0.000704. The highest BCUT2D eigenvalue weighted by Gasteiger charge is 2.46. The van der Waals surface area contributed by atoms with Crippen LogP contribution in [0.5, 0.6) is 23.0 Å². The van der Waals surface area contributed by atoms with Gasteiger partial charge < -0.3 is 33.9 Å². The highest BCUT2D eigenvalue weighted by Crippen LogP contribution is 2.45. The van der Waals surface area contributed by atoms with Crippen LogP contribution in [0.15, 0.2) is 42.0 Å². The van der Waals surface area contributed by atoms with Crippen molar-refractivity contribution in [2.45, 2.75) is 33.2 Å². The minimum Gasteiger partial charge on any atom is -0.507 e. The van der Waals surface area contributed by atoms with Crippen molar-refractivity contribution < 1.29 is 33.6 Å². The zero-order valence-electron chi connectivity index (χ0n) is 23.1. The second-order valence-corrected chi connectivity index (χ2v) is 8.79. The molecule has 0 spiro atoms. The number of hydrogen-bond acceptors (Lipinski definition) is 8. The smallest absolute Gasteiger partial charge is 0.295 e. The number of amides is 1. The Morgan fingerprint density at radius 1 is 0.974 bits per heavy atom. The van der Waals surface area contributed by atoms with E-state index in [0.29, 0.717) is 53.7 Å². The number of hydrogen-bond donors (Lipinski definition) is 1. The molecule has 1 heterocycles. The molecule has 1 aliphatic rings. The first-order valence-corrected chi connectivity index (χ1v) is 12.9. The topological polar surface area (TPSA) is 97.8 Å². The maximum Gasteiger partial charge on any atom is 0.295 e. The Bertz CT molecular complexity index is 1150. The molecule has 0 aliphatic carbocycles. The molecule has 0 radical (unpaired) electrons. The molecule has 9 heteroatoms. The number of rotatable bonds is 13. The Kier molecular flexibility index (Phi) is 10.0. The lowest BCUT2D eigenvalue weighted by atomic mass is 9.94. The third-order valence-electron chi connectivity index (χ3n) is 6.73. The van der Waals surface area contributed by atoms with Crippen LogP contribution in [0.1, 0.15) is 44.4 Å². The van der Waals surface area contributed by atoms with Crippen molar-refractivity contribution >= 4 is 17.4 Å². The van der Waals surface area contributed by atoms with Gasteiger partial charge >= 0.3 is 0 Å². The normalized spacial score (nSPS) is 16.7. The van der Waals surface area contributed by atoms with E-state index in [1.807, 2.05) is 6.92 Å². The number of methoxy groups -OCH3 is 3. The van der Waals surface area contributed by atoms with Gasteiger partial charge in [-0.3, -0.25) is 9.59 Å². The molecule has 0 aromatic heterocycles. The van der Waals surface area contributed by atoms with E-state index < -0.39 is 17.7 Å². The number of aliphatic hydroxyl groups is 1. The molecule has 2 aromatic rings. The molecule has 0 bridgehead atoms. The van der Waals surface area contributed by atoms with Crippen LogP contribution in [0.25, 0.3) is 5.76 Å². The lowest BCUT2D eigenvalue weighted by Crippen LogP contribution is -2.33. The molecule has 0 saturated carbocycles. The third kappa shape index (κ3) is 5.88. The van der Waals surface area contributed by atoms with Crippen molar-refractivity contribution in [2.75, 3.05) is 54.1 Å². The van der Waals surface area contributed by atoms with Crippen molar-refractivity contribution in [3.63, 3.8) is 0 Å². The van der Waals surface area contributed by atoms with Gasteiger partial charge in [0, 0.05) is 12.1 Å². The summed E-state index contributed by atoms with van der Waals surface area (Å²) < 4.78 is 22.1. The molecule has 2 aromatic carbocycles. The van der Waals surface area contributed by atoms with Gasteiger partial charge in [0.2, 0.25) is 5.75 Å². The number of Topliss-reactive ketones (excluding diaryl/α,β-unsaturated/α-hetero) is 1. The number of ketones is 1. The number of carbonyl (C=O) groups excluding carboxylic acids is 2. The summed E-state index contributed by atoms with van der Waals surface area (Å²) in [5.74, 6) is 0.0328. The molecule has 1 N–H and O–H groups in total. The Morgan fingerprint density at radius 3 is 2.18 bits per heavy atom. The zero-order chi connectivity index (χ0) is 27.8. The van der Waals surface area contributed by atoms with Crippen molar-refractivity contribution in [1.82, 2.24) is 9.80 Å². The Hall–Kier alpha value is -3.72. The van der Waals surface area contributed by atoms with Crippen molar-refractivity contribution in [3.05, 3.63) is 53.1 Å². The Morgan fingerprint density at radius 2 is 1.63 bits per heavy atom. The Balaban J connectivity index is 2.17. The van der Waals surface area contributed by atoms with E-state index in [1.165, 1.54) is 26.2 Å². The highest BCUT2D eigenvalue weighted by atomic mass is 16.5. The number of carbonyl (C=O) groups is 2. The van der Waals surface area contributed by atoms with Gasteiger partial charge in [0.1, 0.15) is 11.5 Å². The predicted molar refractivity (Wildman–Crippen MR) is 145 cm³/mol. The van der Waals surface area contributed by atoms with Crippen LogP contribution in [0.4, 0.5) is 0 Å². The van der Waals surface area contributed by atoms with Crippen LogP contribution in [-0.4, -0.2) is 80.7 Å². The average molecular weight is 527 g/mol. The van der Waals surface area contributed by atoms with Gasteiger partial charge in [-0.2, -0.15) is 0 Å². The van der Waals surface area contributed by atoms with Gasteiger partial charge in [0.15, 0.2) is 11.5 Å². The molecule has 38 heavy (non-hydrogen) atoms. The third-order valence-corrected chi connectivity index (χ3v) is 6.73. The maximum atomic E-state index is 13.4. The molecule has 3 rings (SSSR count). The van der Waals surface area contributed by atoms with E-state index in [-0.39, 0.29) is 11.3 Å². The second kappa shape index (κ2) is 13.2. The standard InChI is InChI=1S/C29H38N2O7/c1-7-30(8-2)14-11-15-31-25(20-17-22(35-4)28(37-6)23(18-20)36-5)24(27(33)29(31)34)26(32)19-12-10-13-21(16-19)38-9-3/h10,12-13,16-18,25,32H,7-9,11,14-15H2,1-6H3. The fourth-order valence-electron chi connectivity index (χ4n) is 4.78. The summed E-state index contributed by atoms with van der Waals surface area (Å²) in [6.45, 7) is 9.37. The summed E-state index contributed by atoms with van der Waals surface area (Å²) in [6, 6.07) is 9.39. The number of likely N-dealkylation sites (tertiary alicyclic amines) is 1. The number of ether oxygens (including phenoxy) is 4. The lowest BCUT2D eigenvalue weighted by Gasteiger charge is -2.27. The van der Waals surface area contributed by atoms with Gasteiger partial charge in [-0.05, 0) is 62.8 Å². The molecule has 1 atom stereocenters. The quantitative estimate of drug-likeness (QED) is 0.235. The molecular formula is C29H38N2O7. The summed E-state index contributed by atoms with van der Waals surface area (Å²) in [5, 5.41) is 11.4. The van der Waals surface area contributed by atoms with Crippen LogP contribution in [-0.2, 0) is 9.59 Å². The monoisotopic (exact) mass is 526 g/mol. The number of nitrogens with zero attached hydrogens (tertiary/aromatic N) is 2. The first-order valence-electron chi connectivity index (χ1n) is 12.9. The van der Waals surface area contributed by atoms with Gasteiger partial charge in [-0.25, -0.2) is 0 Å². The van der Waals surface area contributed by atoms with Gasteiger partial charge in [-0.15, -0.1) is 0 Å². The lowest BCUT2D eigenvalue weighted by molar-refractivity contribution is -0.140. The van der Waals surface area contributed by atoms with E-state index in [0.717, 1.165) is 19.6 Å². The van der Waals surface area contributed by atoms with Crippen molar-refractivity contribution in [3.8, 4) is 23.0 Å². The van der Waals surface area contributed by atoms with E-state index >= 15 is 0 Å². The predicted octanol–water partition coefficient (Wildman–Crippen LogP) is 4.26. The summed E-state index contributed by atoms with van der Waals surface area (Å²) in [6.07, 6.45) is 0.662. The van der Waals surface area contributed by atoms with E-state index in [4.69, 9.17) is 18.9 Å². The first kappa shape index (κ1) is 28.8. The molecule has 1 saturated heterocycles. The summed E-state index contributed by atoms with van der Waals surface area (Å²) in [5.41, 5.74) is 0.944. The molecular weight excluding hydrogens is 488 g/mol. The van der Waals surface area contributed by atoms with Crippen LogP contribution < -0.4 is 18.9 Å². The molecule has 1 unspecified atom stereocenters. The van der Waals surface area contributed by atoms with Gasteiger partial charge in [0.05, 0.1) is 39.6 Å². The average Bonchev–Trinajstić information content (AvgIpc) is 3.19. The SMILES string of the molecule is CCOc1cccc(C(O)=C2C(=O)C(=O)N(CCCN(CC)CC)C2c2cc(OC)c(OC)c(OC)c2)c1. The molecule has 1 amide bonds. The summed E-state index contributed by atoms with van der Waals surface area (Å²) in [4.78, 5) is 30.6. The molecule has 1 aliphatic heterocycles. The van der Waals surface area contributed by atoms with Crippen LogP contribution in [0.2, 0.25) is 0 Å². The van der Waals surface area contributed by atoms with E-state index in [1.54, 1.807) is 36.4 Å². The summed E-state index contributed by atoms with van der Waals surface area (Å²) in [7, 11) is 4.51.